The molecule has 0 spiro atoms. The van der Waals surface area contributed by atoms with Gasteiger partial charge in [0.05, 0.1) is 0 Å². The molecule has 0 saturated carbocycles. The van der Waals surface area contributed by atoms with Gasteiger partial charge in [-0.2, -0.15) is 0 Å². The van der Waals surface area contributed by atoms with E-state index >= 15 is 0 Å². The smallest absolute Gasteiger partial charge is 0.250 e. The van der Waals surface area contributed by atoms with E-state index in [1.165, 1.54) is 0 Å². The minimum Gasteiger partial charge on any atom is -0.356 e. The Bertz CT molecular complexity index is 443. The predicted octanol–water partition coefficient (Wildman–Crippen LogP) is 2.31. The Morgan fingerprint density at radius 3 is 2.89 bits per heavy atom. The molecule has 0 aliphatic heterocycles. The maximum absolute atomic E-state index is 11.5. The van der Waals surface area contributed by atoms with Crippen LogP contribution in [-0.2, 0) is 11.3 Å². The molecule has 4 nitrogen and oxygen atoms in total. The third-order valence-electron chi connectivity index (χ3n) is 2.57. The summed E-state index contributed by atoms with van der Waals surface area (Å²) in [5, 5.41) is 2.86. The van der Waals surface area contributed by atoms with E-state index in [2.05, 4.69) is 21.2 Å². The molecule has 0 atom stereocenters. The minimum absolute atomic E-state index is 0.00761. The van der Waals surface area contributed by atoms with Gasteiger partial charge in [0.25, 0.3) is 5.56 Å². The number of rotatable bonds is 7. The van der Waals surface area contributed by atoms with Crippen LogP contribution in [0.25, 0.3) is 0 Å². The zero-order valence-corrected chi connectivity index (χ0v) is 12.2. The van der Waals surface area contributed by atoms with Gasteiger partial charge in [-0.1, -0.05) is 6.92 Å². The van der Waals surface area contributed by atoms with E-state index in [0.29, 0.717) is 19.5 Å². The van der Waals surface area contributed by atoms with Crippen molar-refractivity contribution in [2.75, 3.05) is 6.54 Å². The highest BCUT2D eigenvalue weighted by Crippen LogP contribution is 2.05. The first-order valence-corrected chi connectivity index (χ1v) is 7.05. The van der Waals surface area contributed by atoms with Gasteiger partial charge in [-0.3, -0.25) is 9.59 Å². The van der Waals surface area contributed by atoms with Gasteiger partial charge in [0, 0.05) is 36.2 Å². The molecule has 5 heteroatoms. The number of hydrogen-bond acceptors (Lipinski definition) is 2. The third-order valence-corrected chi connectivity index (χ3v) is 3.04. The monoisotopic (exact) mass is 314 g/mol. The van der Waals surface area contributed by atoms with Crippen molar-refractivity contribution in [3.05, 3.63) is 33.2 Å². The number of aromatic nitrogens is 1. The summed E-state index contributed by atoms with van der Waals surface area (Å²) in [6, 6.07) is 3.29. The first kappa shape index (κ1) is 15.0. The molecule has 18 heavy (non-hydrogen) atoms. The van der Waals surface area contributed by atoms with Crippen LogP contribution < -0.4 is 10.9 Å². The van der Waals surface area contributed by atoms with E-state index < -0.39 is 0 Å². The molecule has 1 aromatic heterocycles. The van der Waals surface area contributed by atoms with Gasteiger partial charge in [0.15, 0.2) is 0 Å². The van der Waals surface area contributed by atoms with Crippen LogP contribution in [0.4, 0.5) is 0 Å². The lowest BCUT2D eigenvalue weighted by molar-refractivity contribution is -0.121. The van der Waals surface area contributed by atoms with Crippen molar-refractivity contribution in [3.8, 4) is 0 Å². The molecule has 0 aliphatic rings. The summed E-state index contributed by atoms with van der Waals surface area (Å²) >= 11 is 3.34. The van der Waals surface area contributed by atoms with Gasteiger partial charge >= 0.3 is 0 Å². The standard InChI is InChI=1S/C13H19BrN2O2/c1-2-5-12(17)15-8-3-4-9-16-10-11(14)6-7-13(16)18/h6-7,10H,2-5,8-9H2,1H3,(H,15,17). The van der Waals surface area contributed by atoms with E-state index in [1.54, 1.807) is 22.9 Å². The molecule has 0 aromatic carbocycles. The van der Waals surface area contributed by atoms with Crippen LogP contribution in [0.3, 0.4) is 0 Å². The number of carbonyl (C=O) groups is 1. The average Bonchev–Trinajstić information content (AvgIpc) is 2.33. The Balaban J connectivity index is 2.24. The largest absolute Gasteiger partial charge is 0.356 e. The number of aryl methyl sites for hydroxylation is 1. The van der Waals surface area contributed by atoms with Gasteiger partial charge in [-0.05, 0) is 41.3 Å². The normalized spacial score (nSPS) is 10.3. The molecular formula is C13H19BrN2O2. The highest BCUT2D eigenvalue weighted by molar-refractivity contribution is 9.10. The van der Waals surface area contributed by atoms with Crippen molar-refractivity contribution in [2.24, 2.45) is 0 Å². The summed E-state index contributed by atoms with van der Waals surface area (Å²) in [5.41, 5.74) is 0.00761. The maximum atomic E-state index is 11.5. The molecule has 0 radical (unpaired) electrons. The number of hydrogen-bond donors (Lipinski definition) is 1. The van der Waals surface area contributed by atoms with Crippen LogP contribution in [0.15, 0.2) is 27.6 Å². The van der Waals surface area contributed by atoms with E-state index in [-0.39, 0.29) is 11.5 Å². The summed E-state index contributed by atoms with van der Waals surface area (Å²) in [4.78, 5) is 22.7. The molecule has 1 heterocycles. The molecule has 100 valence electrons. The molecule has 0 unspecified atom stereocenters. The van der Waals surface area contributed by atoms with Crippen LogP contribution in [0, 0.1) is 0 Å². The SMILES string of the molecule is CCCC(=O)NCCCCn1cc(Br)ccc1=O. The second kappa shape index (κ2) is 8.08. The Morgan fingerprint density at radius 2 is 2.17 bits per heavy atom. The fourth-order valence-corrected chi connectivity index (χ4v) is 2.01. The molecule has 1 amide bonds. The molecule has 0 saturated heterocycles. The predicted molar refractivity (Wildman–Crippen MR) is 75.6 cm³/mol. The second-order valence-electron chi connectivity index (χ2n) is 4.19. The number of nitrogens with zero attached hydrogens (tertiary/aromatic N) is 1. The van der Waals surface area contributed by atoms with E-state index in [0.717, 1.165) is 23.7 Å². The third kappa shape index (κ3) is 5.49. The molecule has 0 bridgehead atoms. The lowest BCUT2D eigenvalue weighted by Gasteiger charge is -2.07. The number of carbonyl (C=O) groups excluding carboxylic acids is 1. The van der Waals surface area contributed by atoms with Crippen molar-refractivity contribution in [2.45, 2.75) is 39.2 Å². The van der Waals surface area contributed by atoms with Crippen LogP contribution in [0.1, 0.15) is 32.6 Å². The van der Waals surface area contributed by atoms with Crippen molar-refractivity contribution in [1.29, 1.82) is 0 Å². The summed E-state index contributed by atoms with van der Waals surface area (Å²) in [6.45, 7) is 3.35. The highest BCUT2D eigenvalue weighted by Gasteiger charge is 1.99. The van der Waals surface area contributed by atoms with Crippen LogP contribution >= 0.6 is 15.9 Å². The summed E-state index contributed by atoms with van der Waals surface area (Å²) < 4.78 is 2.58. The fourth-order valence-electron chi connectivity index (χ4n) is 1.63. The molecule has 1 aromatic rings. The first-order valence-electron chi connectivity index (χ1n) is 6.26. The zero-order chi connectivity index (χ0) is 13.4. The average molecular weight is 315 g/mol. The number of amides is 1. The fraction of sp³-hybridized carbons (Fsp3) is 0.538. The lowest BCUT2D eigenvalue weighted by atomic mass is 10.3. The van der Waals surface area contributed by atoms with Gasteiger partial charge in [0.1, 0.15) is 0 Å². The zero-order valence-electron chi connectivity index (χ0n) is 10.6. The molecule has 1 N–H and O–H groups in total. The minimum atomic E-state index is 0.00761. The number of unbranched alkanes of at least 4 members (excludes halogenated alkanes) is 1. The Morgan fingerprint density at radius 1 is 1.39 bits per heavy atom. The maximum Gasteiger partial charge on any atom is 0.250 e. The van der Waals surface area contributed by atoms with Gasteiger partial charge in [-0.15, -0.1) is 0 Å². The van der Waals surface area contributed by atoms with Gasteiger partial charge in [-0.25, -0.2) is 0 Å². The van der Waals surface area contributed by atoms with Gasteiger partial charge < -0.3 is 9.88 Å². The van der Waals surface area contributed by atoms with Crippen LogP contribution in [0.2, 0.25) is 0 Å². The first-order chi connectivity index (χ1) is 8.63. The van der Waals surface area contributed by atoms with Crippen molar-refractivity contribution in [3.63, 3.8) is 0 Å². The topological polar surface area (TPSA) is 51.1 Å². The molecular weight excluding hydrogens is 296 g/mol. The number of nitrogens with one attached hydrogen (secondary N) is 1. The second-order valence-corrected chi connectivity index (χ2v) is 5.10. The Kier molecular flexibility index (Phi) is 6.72. The van der Waals surface area contributed by atoms with Crippen LogP contribution in [0.5, 0.6) is 0 Å². The van der Waals surface area contributed by atoms with Crippen molar-refractivity contribution >= 4 is 21.8 Å². The molecule has 0 aliphatic carbocycles. The van der Waals surface area contributed by atoms with E-state index in [1.807, 2.05) is 6.92 Å². The lowest BCUT2D eigenvalue weighted by Crippen LogP contribution is -2.24. The molecule has 1 rings (SSSR count). The summed E-state index contributed by atoms with van der Waals surface area (Å²) in [7, 11) is 0. The number of halogens is 1. The van der Waals surface area contributed by atoms with Gasteiger partial charge in [0.2, 0.25) is 5.91 Å². The van der Waals surface area contributed by atoms with Crippen molar-refractivity contribution in [1.82, 2.24) is 9.88 Å². The quantitative estimate of drug-likeness (QED) is 0.785. The van der Waals surface area contributed by atoms with E-state index in [4.69, 9.17) is 0 Å². The number of pyridine rings is 1. The molecule has 0 fully saturated rings. The van der Waals surface area contributed by atoms with E-state index in [9.17, 15) is 9.59 Å². The Labute approximate surface area is 116 Å². The summed E-state index contributed by atoms with van der Waals surface area (Å²) in [6.07, 6.45) is 5.01. The van der Waals surface area contributed by atoms with Crippen molar-refractivity contribution < 1.29 is 4.79 Å². The van der Waals surface area contributed by atoms with Crippen LogP contribution in [-0.4, -0.2) is 17.0 Å². The highest BCUT2D eigenvalue weighted by atomic mass is 79.9. The summed E-state index contributed by atoms with van der Waals surface area (Å²) in [5.74, 6) is 0.108. The Hall–Kier alpha value is -1.10.